The van der Waals surface area contributed by atoms with Gasteiger partial charge in [-0.1, -0.05) is 37.0 Å². The van der Waals surface area contributed by atoms with Crippen LogP contribution in [-0.4, -0.2) is 19.1 Å². The van der Waals surface area contributed by atoms with Crippen LogP contribution in [0.2, 0.25) is 10.0 Å². The van der Waals surface area contributed by atoms with Gasteiger partial charge in [0.25, 0.3) is 5.91 Å². The zero-order valence-corrected chi connectivity index (χ0v) is 16.7. The maximum absolute atomic E-state index is 12.6. The summed E-state index contributed by atoms with van der Waals surface area (Å²) in [5.41, 5.74) is 1.79. The largest absolute Gasteiger partial charge is 0.494 e. The van der Waals surface area contributed by atoms with E-state index in [-0.39, 0.29) is 5.91 Å². The van der Waals surface area contributed by atoms with Crippen molar-refractivity contribution in [2.45, 2.75) is 27.4 Å². The van der Waals surface area contributed by atoms with E-state index in [1.54, 1.807) is 36.4 Å². The van der Waals surface area contributed by atoms with E-state index >= 15 is 0 Å². The predicted octanol–water partition coefficient (Wildman–Crippen LogP) is 5.82. The zero-order valence-electron chi connectivity index (χ0n) is 15.1. The van der Waals surface area contributed by atoms with Crippen LogP contribution in [0, 0.1) is 5.92 Å². The fourth-order valence-corrected chi connectivity index (χ4v) is 2.66. The number of carbonyl (C=O) groups is 1. The quantitative estimate of drug-likeness (QED) is 0.612. The molecule has 0 saturated carbocycles. The number of carbonyl (C=O) groups excluding carboxylic acids is 1. The van der Waals surface area contributed by atoms with Gasteiger partial charge in [0.1, 0.15) is 5.75 Å². The SMILES string of the molecule is CCOc1ccc(C(=O)Nc2cc(Cl)ccc2Cl)cc1COCC(C)C. The summed E-state index contributed by atoms with van der Waals surface area (Å²) in [6, 6.07) is 10.2. The molecule has 0 bridgehead atoms. The lowest BCUT2D eigenvalue weighted by molar-refractivity contribution is 0.0948. The van der Waals surface area contributed by atoms with E-state index in [9.17, 15) is 4.79 Å². The molecule has 2 aromatic carbocycles. The molecule has 1 amide bonds. The molecule has 0 aliphatic rings. The van der Waals surface area contributed by atoms with Gasteiger partial charge in [0.05, 0.1) is 23.9 Å². The van der Waals surface area contributed by atoms with Crippen LogP contribution >= 0.6 is 23.2 Å². The molecule has 2 aromatic rings. The number of rotatable bonds is 8. The van der Waals surface area contributed by atoms with E-state index in [1.165, 1.54) is 0 Å². The first-order valence-electron chi connectivity index (χ1n) is 8.50. The maximum atomic E-state index is 12.6. The van der Waals surface area contributed by atoms with Crippen molar-refractivity contribution in [3.8, 4) is 5.75 Å². The molecule has 0 heterocycles. The Morgan fingerprint density at radius 1 is 1.15 bits per heavy atom. The summed E-state index contributed by atoms with van der Waals surface area (Å²) in [6.07, 6.45) is 0. The molecule has 26 heavy (non-hydrogen) atoms. The number of amides is 1. The van der Waals surface area contributed by atoms with Crippen molar-refractivity contribution in [2.75, 3.05) is 18.5 Å². The molecule has 0 fully saturated rings. The highest BCUT2D eigenvalue weighted by Gasteiger charge is 2.13. The molecular formula is C20H23Cl2NO3. The molecule has 0 aliphatic carbocycles. The van der Waals surface area contributed by atoms with Crippen LogP contribution < -0.4 is 10.1 Å². The van der Waals surface area contributed by atoms with Crippen molar-refractivity contribution < 1.29 is 14.3 Å². The average molecular weight is 396 g/mol. The molecule has 0 aromatic heterocycles. The number of hydrogen-bond acceptors (Lipinski definition) is 3. The molecule has 6 heteroatoms. The van der Waals surface area contributed by atoms with Gasteiger partial charge in [0, 0.05) is 22.8 Å². The normalized spacial score (nSPS) is 10.8. The zero-order chi connectivity index (χ0) is 19.1. The van der Waals surface area contributed by atoms with Crippen LogP contribution in [0.1, 0.15) is 36.7 Å². The summed E-state index contributed by atoms with van der Waals surface area (Å²) in [7, 11) is 0. The van der Waals surface area contributed by atoms with Crippen LogP contribution in [0.15, 0.2) is 36.4 Å². The molecule has 2 rings (SSSR count). The van der Waals surface area contributed by atoms with Gasteiger partial charge in [-0.05, 0) is 49.2 Å². The first kappa shape index (κ1) is 20.6. The number of hydrogen-bond donors (Lipinski definition) is 1. The Bertz CT molecular complexity index is 763. The van der Waals surface area contributed by atoms with Crippen LogP contribution in [0.4, 0.5) is 5.69 Å². The molecule has 0 unspecified atom stereocenters. The third-order valence-electron chi connectivity index (χ3n) is 3.51. The van der Waals surface area contributed by atoms with Gasteiger partial charge in [0.15, 0.2) is 0 Å². The van der Waals surface area contributed by atoms with Gasteiger partial charge in [-0.15, -0.1) is 0 Å². The highest BCUT2D eigenvalue weighted by molar-refractivity contribution is 6.35. The Morgan fingerprint density at radius 2 is 1.92 bits per heavy atom. The van der Waals surface area contributed by atoms with Crippen LogP contribution in [-0.2, 0) is 11.3 Å². The first-order chi connectivity index (χ1) is 12.4. The minimum absolute atomic E-state index is 0.276. The van der Waals surface area contributed by atoms with Gasteiger partial charge in [-0.3, -0.25) is 4.79 Å². The molecule has 0 radical (unpaired) electrons. The summed E-state index contributed by atoms with van der Waals surface area (Å²) in [5, 5.41) is 3.71. The van der Waals surface area contributed by atoms with E-state index < -0.39 is 0 Å². The van der Waals surface area contributed by atoms with Crippen LogP contribution in [0.5, 0.6) is 5.75 Å². The van der Waals surface area contributed by atoms with Gasteiger partial charge in [0.2, 0.25) is 0 Å². The fourth-order valence-electron chi connectivity index (χ4n) is 2.32. The van der Waals surface area contributed by atoms with Gasteiger partial charge < -0.3 is 14.8 Å². The average Bonchev–Trinajstić information content (AvgIpc) is 2.59. The Morgan fingerprint density at radius 3 is 2.62 bits per heavy atom. The number of nitrogens with one attached hydrogen (secondary N) is 1. The number of ether oxygens (including phenoxy) is 2. The summed E-state index contributed by atoms with van der Waals surface area (Å²) >= 11 is 12.1. The second kappa shape index (κ2) is 9.81. The minimum Gasteiger partial charge on any atom is -0.494 e. The van der Waals surface area contributed by atoms with E-state index in [2.05, 4.69) is 19.2 Å². The third kappa shape index (κ3) is 5.90. The number of halogens is 2. The first-order valence-corrected chi connectivity index (χ1v) is 9.26. The Kier molecular flexibility index (Phi) is 7.76. The Balaban J connectivity index is 2.19. The highest BCUT2D eigenvalue weighted by Crippen LogP contribution is 2.27. The molecule has 0 saturated heterocycles. The van der Waals surface area contributed by atoms with E-state index in [1.807, 2.05) is 6.92 Å². The molecule has 0 atom stereocenters. The van der Waals surface area contributed by atoms with Crippen molar-refractivity contribution in [1.29, 1.82) is 0 Å². The van der Waals surface area contributed by atoms with E-state index in [0.717, 1.165) is 5.56 Å². The lowest BCUT2D eigenvalue weighted by Crippen LogP contribution is -2.13. The highest BCUT2D eigenvalue weighted by atomic mass is 35.5. The Hall–Kier alpha value is -1.75. The lowest BCUT2D eigenvalue weighted by Gasteiger charge is -2.14. The van der Waals surface area contributed by atoms with Crippen molar-refractivity contribution in [2.24, 2.45) is 5.92 Å². The van der Waals surface area contributed by atoms with E-state index in [4.69, 9.17) is 32.7 Å². The van der Waals surface area contributed by atoms with Gasteiger partial charge in [-0.2, -0.15) is 0 Å². The molecule has 1 N–H and O–H groups in total. The molecule has 0 aliphatic heterocycles. The second-order valence-electron chi connectivity index (χ2n) is 6.24. The maximum Gasteiger partial charge on any atom is 0.255 e. The summed E-state index contributed by atoms with van der Waals surface area (Å²) in [5.74, 6) is 0.873. The molecule has 4 nitrogen and oxygen atoms in total. The van der Waals surface area contributed by atoms with Crippen molar-refractivity contribution >= 4 is 34.8 Å². The minimum atomic E-state index is -0.276. The van der Waals surface area contributed by atoms with Gasteiger partial charge >= 0.3 is 0 Å². The van der Waals surface area contributed by atoms with E-state index in [0.29, 0.717) is 52.8 Å². The van der Waals surface area contributed by atoms with Crippen molar-refractivity contribution in [3.05, 3.63) is 57.6 Å². The molecule has 140 valence electrons. The fraction of sp³-hybridized carbons (Fsp3) is 0.350. The predicted molar refractivity (Wildman–Crippen MR) is 107 cm³/mol. The summed E-state index contributed by atoms with van der Waals surface area (Å²) in [4.78, 5) is 12.6. The number of benzene rings is 2. The van der Waals surface area contributed by atoms with Crippen LogP contribution in [0.3, 0.4) is 0 Å². The molecule has 0 spiro atoms. The molecular weight excluding hydrogens is 373 g/mol. The topological polar surface area (TPSA) is 47.6 Å². The summed E-state index contributed by atoms with van der Waals surface area (Å²) in [6.45, 7) is 7.65. The lowest BCUT2D eigenvalue weighted by atomic mass is 10.1. The van der Waals surface area contributed by atoms with Gasteiger partial charge in [-0.25, -0.2) is 0 Å². The monoisotopic (exact) mass is 395 g/mol. The summed E-state index contributed by atoms with van der Waals surface area (Å²) < 4.78 is 11.3. The standard InChI is InChI=1S/C20H23Cl2NO3/c1-4-26-19-8-5-14(9-15(19)12-25-11-13(2)3)20(24)23-18-10-16(21)6-7-17(18)22/h5-10,13H,4,11-12H2,1-3H3,(H,23,24). The van der Waals surface area contributed by atoms with Crippen LogP contribution in [0.25, 0.3) is 0 Å². The number of anilines is 1. The van der Waals surface area contributed by atoms with Crippen molar-refractivity contribution in [1.82, 2.24) is 0 Å². The van der Waals surface area contributed by atoms with Crippen molar-refractivity contribution in [3.63, 3.8) is 0 Å². The smallest absolute Gasteiger partial charge is 0.255 e. The second-order valence-corrected chi connectivity index (χ2v) is 7.09. The third-order valence-corrected chi connectivity index (χ3v) is 4.07. The Labute approximate surface area is 164 Å².